The van der Waals surface area contributed by atoms with Crippen LogP contribution >= 0.6 is 11.3 Å². The molecule has 1 saturated heterocycles. The first kappa shape index (κ1) is 17.3. The average Bonchev–Trinajstić information content (AvgIpc) is 3.34. The molecule has 0 radical (unpaired) electrons. The van der Waals surface area contributed by atoms with Crippen molar-refractivity contribution < 1.29 is 0 Å². The molecule has 1 fully saturated rings. The van der Waals surface area contributed by atoms with E-state index in [2.05, 4.69) is 51.3 Å². The largest absolute Gasteiger partial charge is 0.374 e. The second-order valence-corrected chi connectivity index (χ2v) is 8.58. The molecule has 142 valence electrons. The van der Waals surface area contributed by atoms with Gasteiger partial charge in [-0.1, -0.05) is 36.5 Å². The third-order valence-corrected chi connectivity index (χ3v) is 6.42. The number of anilines is 2. The number of piperidine rings is 1. The van der Waals surface area contributed by atoms with Gasteiger partial charge >= 0.3 is 0 Å². The van der Waals surface area contributed by atoms with Crippen LogP contribution in [0.3, 0.4) is 0 Å². The number of aromatic nitrogens is 4. The highest BCUT2D eigenvalue weighted by molar-refractivity contribution is 7.18. The number of nitrogens with two attached hydrogens (primary N) is 1. The van der Waals surface area contributed by atoms with Crippen molar-refractivity contribution in [3.05, 3.63) is 53.5 Å². The van der Waals surface area contributed by atoms with Gasteiger partial charge in [-0.15, -0.1) is 10.2 Å². The van der Waals surface area contributed by atoms with E-state index in [9.17, 15) is 0 Å². The quantitative estimate of drug-likeness (QED) is 0.733. The number of nitrogens with zero attached hydrogens (tertiary/aromatic N) is 5. The van der Waals surface area contributed by atoms with Crippen LogP contribution in [0.2, 0.25) is 0 Å². The standard InChI is InChI=1S/C21H22N6S/c1-13-6-8-27(9-7-13)19-12-23-11-18(24-19)16-5-4-14-2-3-15(10-17(14)16)20-25-26-21(22)28-20/h2-3,5,10-13H,4,6-9H2,1H3,(H2,22,26). The summed E-state index contributed by atoms with van der Waals surface area (Å²) in [5.74, 6) is 1.77. The molecule has 3 aromatic rings. The third-order valence-electron chi connectivity index (χ3n) is 5.62. The van der Waals surface area contributed by atoms with Gasteiger partial charge in [-0.25, -0.2) is 4.98 Å². The van der Waals surface area contributed by atoms with Crippen molar-refractivity contribution in [2.75, 3.05) is 23.7 Å². The predicted molar refractivity (Wildman–Crippen MR) is 113 cm³/mol. The molecule has 0 bridgehead atoms. The molecule has 0 amide bonds. The van der Waals surface area contributed by atoms with Crippen LogP contribution in [0.4, 0.5) is 10.9 Å². The Hall–Kier alpha value is -2.80. The maximum Gasteiger partial charge on any atom is 0.203 e. The van der Waals surface area contributed by atoms with Crippen molar-refractivity contribution in [2.45, 2.75) is 26.2 Å². The molecular weight excluding hydrogens is 368 g/mol. The number of hydrogen-bond acceptors (Lipinski definition) is 7. The summed E-state index contributed by atoms with van der Waals surface area (Å²) < 4.78 is 0. The zero-order valence-corrected chi connectivity index (χ0v) is 16.6. The number of benzene rings is 1. The molecule has 28 heavy (non-hydrogen) atoms. The summed E-state index contributed by atoms with van der Waals surface area (Å²) in [4.78, 5) is 11.8. The van der Waals surface area contributed by atoms with Crippen LogP contribution in [0.15, 0.2) is 36.7 Å². The van der Waals surface area contributed by atoms with Gasteiger partial charge in [-0.05, 0) is 42.4 Å². The van der Waals surface area contributed by atoms with E-state index in [0.29, 0.717) is 5.13 Å². The fourth-order valence-electron chi connectivity index (χ4n) is 3.93. The Balaban J connectivity index is 1.47. The Morgan fingerprint density at radius 1 is 1.14 bits per heavy atom. The number of hydrogen-bond donors (Lipinski definition) is 1. The van der Waals surface area contributed by atoms with Crippen molar-refractivity contribution in [3.63, 3.8) is 0 Å². The molecule has 2 aromatic heterocycles. The molecule has 6 nitrogen and oxygen atoms in total. The zero-order chi connectivity index (χ0) is 19.1. The molecule has 3 heterocycles. The van der Waals surface area contributed by atoms with Gasteiger partial charge < -0.3 is 10.6 Å². The van der Waals surface area contributed by atoms with E-state index in [-0.39, 0.29) is 0 Å². The lowest BCUT2D eigenvalue weighted by atomic mass is 9.99. The van der Waals surface area contributed by atoms with Crippen LogP contribution in [-0.4, -0.2) is 33.3 Å². The van der Waals surface area contributed by atoms with Crippen LogP contribution in [0, 0.1) is 5.92 Å². The van der Waals surface area contributed by atoms with Crippen molar-refractivity contribution in [1.82, 2.24) is 20.2 Å². The Labute approximate surface area is 168 Å². The van der Waals surface area contributed by atoms with Gasteiger partial charge in [-0.3, -0.25) is 4.98 Å². The van der Waals surface area contributed by atoms with Gasteiger partial charge in [-0.2, -0.15) is 0 Å². The zero-order valence-electron chi connectivity index (χ0n) is 15.8. The van der Waals surface area contributed by atoms with Crippen molar-refractivity contribution in [1.29, 1.82) is 0 Å². The van der Waals surface area contributed by atoms with Crippen LogP contribution in [0.25, 0.3) is 16.1 Å². The maximum atomic E-state index is 5.75. The van der Waals surface area contributed by atoms with E-state index in [4.69, 9.17) is 10.7 Å². The van der Waals surface area contributed by atoms with E-state index in [0.717, 1.165) is 53.1 Å². The molecule has 2 N–H and O–H groups in total. The Kier molecular flexibility index (Phi) is 4.31. The maximum absolute atomic E-state index is 5.75. The van der Waals surface area contributed by atoms with E-state index in [1.54, 1.807) is 0 Å². The molecule has 1 aliphatic carbocycles. The van der Waals surface area contributed by atoms with Crippen molar-refractivity contribution in [2.24, 2.45) is 5.92 Å². The summed E-state index contributed by atoms with van der Waals surface area (Å²) in [6.07, 6.45) is 9.34. The summed E-state index contributed by atoms with van der Waals surface area (Å²) >= 11 is 1.41. The second kappa shape index (κ2) is 6.98. The van der Waals surface area contributed by atoms with Gasteiger partial charge in [0.25, 0.3) is 0 Å². The number of nitrogen functional groups attached to an aromatic ring is 1. The third kappa shape index (κ3) is 3.16. The molecular formula is C21H22N6S. The summed E-state index contributed by atoms with van der Waals surface area (Å²) in [5, 5.41) is 9.44. The minimum atomic E-state index is 0.487. The smallest absolute Gasteiger partial charge is 0.203 e. The summed E-state index contributed by atoms with van der Waals surface area (Å²) in [5.41, 5.74) is 11.4. The molecule has 1 aromatic carbocycles. The highest BCUT2D eigenvalue weighted by Crippen LogP contribution is 2.36. The minimum Gasteiger partial charge on any atom is -0.374 e. The molecule has 2 aliphatic rings. The van der Waals surface area contributed by atoms with Gasteiger partial charge in [0.15, 0.2) is 0 Å². The van der Waals surface area contributed by atoms with Crippen LogP contribution in [-0.2, 0) is 6.42 Å². The molecule has 5 rings (SSSR count). The van der Waals surface area contributed by atoms with Gasteiger partial charge in [0, 0.05) is 24.2 Å². The Bertz CT molecular complexity index is 1050. The highest BCUT2D eigenvalue weighted by atomic mass is 32.1. The van der Waals surface area contributed by atoms with Crippen LogP contribution in [0.1, 0.15) is 36.6 Å². The average molecular weight is 391 g/mol. The first-order valence-corrected chi connectivity index (χ1v) is 10.5. The second-order valence-electron chi connectivity index (χ2n) is 7.57. The lowest BCUT2D eigenvalue weighted by Gasteiger charge is -2.31. The lowest BCUT2D eigenvalue weighted by molar-refractivity contribution is 0.436. The highest BCUT2D eigenvalue weighted by Gasteiger charge is 2.21. The molecule has 0 spiro atoms. The fraction of sp³-hybridized carbons (Fsp3) is 0.333. The number of fused-ring (bicyclic) bond motifs is 1. The topological polar surface area (TPSA) is 80.8 Å². The van der Waals surface area contributed by atoms with E-state index >= 15 is 0 Å². The Morgan fingerprint density at radius 3 is 2.79 bits per heavy atom. The molecule has 0 unspecified atom stereocenters. The summed E-state index contributed by atoms with van der Waals surface area (Å²) in [7, 11) is 0. The van der Waals surface area contributed by atoms with Gasteiger partial charge in [0.2, 0.25) is 5.13 Å². The summed E-state index contributed by atoms with van der Waals surface area (Å²) in [6.45, 7) is 4.43. The van der Waals surface area contributed by atoms with Crippen LogP contribution < -0.4 is 10.6 Å². The van der Waals surface area contributed by atoms with Crippen molar-refractivity contribution >= 4 is 27.9 Å². The van der Waals surface area contributed by atoms with E-state index in [1.807, 2.05) is 12.4 Å². The first-order valence-electron chi connectivity index (χ1n) is 9.67. The minimum absolute atomic E-state index is 0.487. The molecule has 0 saturated carbocycles. The first-order chi connectivity index (χ1) is 13.7. The van der Waals surface area contributed by atoms with Crippen LogP contribution in [0.5, 0.6) is 0 Å². The Morgan fingerprint density at radius 2 is 2.00 bits per heavy atom. The molecule has 7 heteroatoms. The normalized spacial score (nSPS) is 16.9. The van der Waals surface area contributed by atoms with Gasteiger partial charge in [0.05, 0.1) is 18.1 Å². The van der Waals surface area contributed by atoms with E-state index < -0.39 is 0 Å². The van der Waals surface area contributed by atoms with Gasteiger partial charge in [0.1, 0.15) is 10.8 Å². The lowest BCUT2D eigenvalue weighted by Crippen LogP contribution is -2.33. The van der Waals surface area contributed by atoms with E-state index in [1.165, 1.54) is 35.3 Å². The number of rotatable bonds is 3. The monoisotopic (exact) mass is 390 g/mol. The summed E-state index contributed by atoms with van der Waals surface area (Å²) in [6, 6.07) is 6.42. The molecule has 0 atom stereocenters. The van der Waals surface area contributed by atoms with Crippen molar-refractivity contribution in [3.8, 4) is 10.6 Å². The fourth-order valence-corrected chi connectivity index (χ4v) is 4.54. The SMILES string of the molecule is CC1CCN(c2cncc(C3=CCc4ccc(-c5nnc(N)s5)cc43)n2)CC1. The predicted octanol–water partition coefficient (Wildman–Crippen LogP) is 3.80. The number of allylic oxidation sites excluding steroid dienone is 1. The molecule has 1 aliphatic heterocycles.